The second kappa shape index (κ2) is 2.71. The lowest BCUT2D eigenvalue weighted by Crippen LogP contribution is -1.90. The van der Waals surface area contributed by atoms with Gasteiger partial charge < -0.3 is 5.32 Å². The van der Waals surface area contributed by atoms with Crippen LogP contribution in [0.3, 0.4) is 0 Å². The van der Waals surface area contributed by atoms with E-state index in [0.717, 1.165) is 6.54 Å². The molecular formula is C8H9N2. The SMILES string of the molecule is [N].c1ccc2c(c1)CCN2. The van der Waals surface area contributed by atoms with E-state index in [1.807, 2.05) is 0 Å². The minimum absolute atomic E-state index is 0. The molecular weight excluding hydrogens is 124 g/mol. The molecule has 1 aromatic rings. The summed E-state index contributed by atoms with van der Waals surface area (Å²) in [7, 11) is 0. The van der Waals surface area contributed by atoms with Crippen LogP contribution in [0.5, 0.6) is 0 Å². The van der Waals surface area contributed by atoms with E-state index in [-0.39, 0.29) is 6.15 Å². The van der Waals surface area contributed by atoms with Crippen LogP contribution in [0.2, 0.25) is 0 Å². The van der Waals surface area contributed by atoms with Gasteiger partial charge in [-0.15, -0.1) is 0 Å². The summed E-state index contributed by atoms with van der Waals surface area (Å²) in [6.45, 7) is 1.11. The first-order chi connectivity index (χ1) is 4.47. The molecule has 2 rings (SSSR count). The van der Waals surface area contributed by atoms with E-state index in [1.165, 1.54) is 17.7 Å². The number of nitrogens with zero attached hydrogens (tertiary/aromatic N) is 1. The van der Waals surface area contributed by atoms with Crippen molar-refractivity contribution in [3.63, 3.8) is 0 Å². The van der Waals surface area contributed by atoms with Gasteiger partial charge in [0.05, 0.1) is 0 Å². The van der Waals surface area contributed by atoms with Gasteiger partial charge in [0.1, 0.15) is 0 Å². The molecule has 0 aliphatic carbocycles. The summed E-state index contributed by atoms with van der Waals surface area (Å²) in [6, 6.07) is 8.46. The average Bonchev–Trinajstić information content (AvgIpc) is 2.33. The molecule has 1 aromatic carbocycles. The van der Waals surface area contributed by atoms with Gasteiger partial charge in [0.25, 0.3) is 0 Å². The second-order valence-electron chi connectivity index (χ2n) is 2.33. The Balaban J connectivity index is 0.000000500. The topological polar surface area (TPSA) is 42.5 Å². The van der Waals surface area contributed by atoms with Gasteiger partial charge in [0, 0.05) is 18.4 Å². The smallest absolute Gasteiger partial charge is 0.0373 e. The lowest BCUT2D eigenvalue weighted by atomic mass is 10.2. The molecule has 2 heteroatoms. The fourth-order valence-electron chi connectivity index (χ4n) is 1.24. The van der Waals surface area contributed by atoms with E-state index in [9.17, 15) is 0 Å². The van der Waals surface area contributed by atoms with Gasteiger partial charge in [-0.05, 0) is 18.1 Å². The summed E-state index contributed by atoms with van der Waals surface area (Å²) in [4.78, 5) is 0. The van der Waals surface area contributed by atoms with Crippen LogP contribution in [0.15, 0.2) is 24.3 Å². The van der Waals surface area contributed by atoms with Crippen LogP contribution in [0, 0.1) is 0 Å². The molecule has 3 radical (unpaired) electrons. The highest BCUT2D eigenvalue weighted by Crippen LogP contribution is 2.19. The van der Waals surface area contributed by atoms with Crippen molar-refractivity contribution in [2.45, 2.75) is 6.42 Å². The standard InChI is InChI=1S/C8H9N.N/c1-2-4-8-7(3-1)5-6-9-8;/h1-4,9H,5-6H2;. The molecule has 0 saturated heterocycles. The van der Waals surface area contributed by atoms with Crippen molar-refractivity contribution in [1.82, 2.24) is 6.15 Å². The summed E-state index contributed by atoms with van der Waals surface area (Å²) in [5, 5.41) is 3.30. The van der Waals surface area contributed by atoms with Gasteiger partial charge in [0.2, 0.25) is 0 Å². The Morgan fingerprint density at radius 2 is 2.00 bits per heavy atom. The van der Waals surface area contributed by atoms with Crippen LogP contribution in [0.25, 0.3) is 0 Å². The highest BCUT2D eigenvalue weighted by molar-refractivity contribution is 5.54. The maximum atomic E-state index is 3.30. The lowest BCUT2D eigenvalue weighted by molar-refractivity contribution is 1.11. The highest BCUT2D eigenvalue weighted by atomic mass is 14.9. The maximum Gasteiger partial charge on any atom is 0.0373 e. The van der Waals surface area contributed by atoms with E-state index in [2.05, 4.69) is 29.6 Å². The Kier molecular flexibility index (Phi) is 1.92. The van der Waals surface area contributed by atoms with Crippen LogP contribution in [-0.2, 0) is 6.42 Å². The molecule has 51 valence electrons. The molecule has 0 aromatic heterocycles. The molecule has 10 heavy (non-hydrogen) atoms. The highest BCUT2D eigenvalue weighted by Gasteiger charge is 2.05. The zero-order valence-electron chi connectivity index (χ0n) is 5.67. The maximum absolute atomic E-state index is 3.30. The predicted molar refractivity (Wildman–Crippen MR) is 40.8 cm³/mol. The molecule has 0 spiro atoms. The minimum Gasteiger partial charge on any atom is -0.384 e. The zero-order valence-corrected chi connectivity index (χ0v) is 5.67. The summed E-state index contributed by atoms with van der Waals surface area (Å²) in [5.74, 6) is 0. The van der Waals surface area contributed by atoms with Gasteiger partial charge in [-0.3, -0.25) is 0 Å². The second-order valence-corrected chi connectivity index (χ2v) is 2.33. The third-order valence-electron chi connectivity index (χ3n) is 1.73. The monoisotopic (exact) mass is 133 g/mol. The molecule has 0 bridgehead atoms. The number of nitrogens with one attached hydrogen (secondary N) is 1. The van der Waals surface area contributed by atoms with Crippen LogP contribution < -0.4 is 11.5 Å². The molecule has 1 N–H and O–H groups in total. The van der Waals surface area contributed by atoms with Crippen molar-refractivity contribution in [1.29, 1.82) is 0 Å². The van der Waals surface area contributed by atoms with E-state index >= 15 is 0 Å². The minimum atomic E-state index is 0. The molecule has 0 saturated carbocycles. The Morgan fingerprint density at radius 1 is 1.20 bits per heavy atom. The van der Waals surface area contributed by atoms with Crippen molar-refractivity contribution >= 4 is 5.69 Å². The van der Waals surface area contributed by atoms with E-state index in [4.69, 9.17) is 0 Å². The first-order valence-corrected chi connectivity index (χ1v) is 3.28. The van der Waals surface area contributed by atoms with Crippen LogP contribution in [-0.4, -0.2) is 6.54 Å². The molecule has 1 aliphatic heterocycles. The fourth-order valence-corrected chi connectivity index (χ4v) is 1.24. The van der Waals surface area contributed by atoms with E-state index in [0.29, 0.717) is 0 Å². The van der Waals surface area contributed by atoms with Crippen LogP contribution in [0.4, 0.5) is 5.69 Å². The zero-order chi connectivity index (χ0) is 6.10. The number of benzene rings is 1. The molecule has 1 aliphatic rings. The van der Waals surface area contributed by atoms with E-state index in [1.54, 1.807) is 0 Å². The Hall–Kier alpha value is -1.02. The largest absolute Gasteiger partial charge is 0.384 e. The summed E-state index contributed by atoms with van der Waals surface area (Å²) < 4.78 is 0. The third-order valence-corrected chi connectivity index (χ3v) is 1.73. The molecule has 0 amide bonds. The van der Waals surface area contributed by atoms with Gasteiger partial charge in [-0.2, -0.15) is 0 Å². The predicted octanol–water partition coefficient (Wildman–Crippen LogP) is 1.17. The normalized spacial score (nSPS) is 13.2. The number of hydrogen-bond acceptors (Lipinski definition) is 1. The first-order valence-electron chi connectivity index (χ1n) is 3.28. The number of rotatable bonds is 0. The van der Waals surface area contributed by atoms with Crippen molar-refractivity contribution in [3.8, 4) is 0 Å². The van der Waals surface area contributed by atoms with E-state index < -0.39 is 0 Å². The molecule has 1 heterocycles. The van der Waals surface area contributed by atoms with Gasteiger partial charge >= 0.3 is 0 Å². The summed E-state index contributed by atoms with van der Waals surface area (Å²) in [6.07, 6.45) is 1.19. The Morgan fingerprint density at radius 3 is 2.80 bits per heavy atom. The van der Waals surface area contributed by atoms with Gasteiger partial charge in [0.15, 0.2) is 0 Å². The number of para-hydroxylation sites is 1. The van der Waals surface area contributed by atoms with Crippen LogP contribution >= 0.6 is 0 Å². The average molecular weight is 133 g/mol. The lowest BCUT2D eigenvalue weighted by Gasteiger charge is -1.94. The van der Waals surface area contributed by atoms with Crippen molar-refractivity contribution < 1.29 is 0 Å². The third kappa shape index (κ3) is 0.977. The Labute approximate surface area is 60.8 Å². The van der Waals surface area contributed by atoms with Gasteiger partial charge in [-0.1, -0.05) is 18.2 Å². The molecule has 0 unspecified atom stereocenters. The molecule has 0 fully saturated rings. The van der Waals surface area contributed by atoms with Crippen LogP contribution in [0.1, 0.15) is 5.56 Å². The summed E-state index contributed by atoms with van der Waals surface area (Å²) in [5.41, 5.74) is 2.77. The van der Waals surface area contributed by atoms with Gasteiger partial charge in [-0.25, -0.2) is 0 Å². The van der Waals surface area contributed by atoms with Crippen molar-refractivity contribution in [2.75, 3.05) is 11.9 Å². The Bertz CT molecular complexity index is 197. The number of hydrogen-bond donors (Lipinski definition) is 1. The quantitative estimate of drug-likeness (QED) is 0.567. The first kappa shape index (κ1) is 7.09. The van der Waals surface area contributed by atoms with Crippen molar-refractivity contribution in [2.24, 2.45) is 0 Å². The fraction of sp³-hybridized carbons (Fsp3) is 0.250. The van der Waals surface area contributed by atoms with Crippen molar-refractivity contribution in [3.05, 3.63) is 29.8 Å². The summed E-state index contributed by atoms with van der Waals surface area (Å²) >= 11 is 0. The number of fused-ring (bicyclic) bond motifs is 1. The molecule has 0 atom stereocenters. The molecule has 2 nitrogen and oxygen atoms in total. The number of anilines is 1.